The number of likely N-dealkylation sites (tertiary alicyclic amines) is 1. The van der Waals surface area contributed by atoms with Gasteiger partial charge in [-0.2, -0.15) is 0 Å². The van der Waals surface area contributed by atoms with Crippen LogP contribution >= 0.6 is 0 Å². The third-order valence-corrected chi connectivity index (χ3v) is 5.35. The summed E-state index contributed by atoms with van der Waals surface area (Å²) in [6.45, 7) is 4.37. The van der Waals surface area contributed by atoms with Gasteiger partial charge < -0.3 is 19.5 Å². The van der Waals surface area contributed by atoms with Crippen LogP contribution in [0, 0.1) is 0 Å². The Hall–Kier alpha value is -0.200. The molecule has 3 aliphatic heterocycles. The second-order valence-corrected chi connectivity index (χ2v) is 7.29. The second-order valence-electron chi connectivity index (χ2n) is 7.29. The lowest BCUT2D eigenvalue weighted by Gasteiger charge is -2.47. The van der Waals surface area contributed by atoms with Crippen molar-refractivity contribution in [3.8, 4) is 0 Å². The quantitative estimate of drug-likeness (QED) is 0.831. The molecule has 0 aromatic rings. The maximum Gasteiger partial charge on any atom is 0.0741 e. The van der Waals surface area contributed by atoms with Gasteiger partial charge in [-0.3, -0.25) is 4.90 Å². The summed E-state index contributed by atoms with van der Waals surface area (Å²) in [6.07, 6.45) is 5.00. The number of nitrogens with zero attached hydrogens (tertiary/aromatic N) is 2. The predicted octanol–water partition coefficient (Wildman–Crippen LogP) is 0.711. The molecule has 0 aromatic carbocycles. The van der Waals surface area contributed by atoms with Gasteiger partial charge in [0.25, 0.3) is 0 Å². The van der Waals surface area contributed by atoms with Crippen LogP contribution in [0.15, 0.2) is 0 Å². The number of likely N-dealkylation sites (N-methyl/N-ethyl adjacent to an activating group) is 1. The van der Waals surface area contributed by atoms with Crippen molar-refractivity contribution in [2.45, 2.75) is 55.9 Å². The van der Waals surface area contributed by atoms with E-state index in [0.29, 0.717) is 12.1 Å². The number of hydrogen-bond donors (Lipinski definition) is 1. The molecule has 3 atom stereocenters. The molecule has 1 N–H and O–H groups in total. The zero-order chi connectivity index (χ0) is 14.9. The Bertz CT molecular complexity index is 339. The Kier molecular flexibility index (Phi) is 4.86. The smallest absolute Gasteiger partial charge is 0.0741 e. The van der Waals surface area contributed by atoms with Crippen LogP contribution in [-0.4, -0.2) is 85.7 Å². The van der Waals surface area contributed by atoms with E-state index in [-0.39, 0.29) is 11.7 Å². The Balaban J connectivity index is 1.66. The van der Waals surface area contributed by atoms with Crippen molar-refractivity contribution in [3.05, 3.63) is 0 Å². The maximum absolute atomic E-state index is 10.1. The molecule has 5 nitrogen and oxygen atoms in total. The SMILES string of the molecule is CN(C)CC1CC(O)CN1C1CCOC2(CCOCC2)C1. The van der Waals surface area contributed by atoms with Crippen LogP contribution in [0.4, 0.5) is 0 Å². The molecule has 0 aromatic heterocycles. The molecule has 0 aliphatic carbocycles. The maximum atomic E-state index is 10.1. The Morgan fingerprint density at radius 3 is 2.71 bits per heavy atom. The number of ether oxygens (including phenoxy) is 2. The van der Waals surface area contributed by atoms with Gasteiger partial charge in [0, 0.05) is 45.0 Å². The van der Waals surface area contributed by atoms with Crippen molar-refractivity contribution in [1.29, 1.82) is 0 Å². The summed E-state index contributed by atoms with van der Waals surface area (Å²) in [4.78, 5) is 4.80. The highest BCUT2D eigenvalue weighted by atomic mass is 16.5. The van der Waals surface area contributed by atoms with E-state index in [0.717, 1.165) is 65.0 Å². The molecule has 1 spiro atoms. The lowest BCUT2D eigenvalue weighted by atomic mass is 9.83. The number of aliphatic hydroxyl groups excluding tert-OH is 1. The predicted molar refractivity (Wildman–Crippen MR) is 81.4 cm³/mol. The standard InChI is InChI=1S/C16H30N2O3/c1-17(2)11-14-9-15(19)12-18(14)13-3-6-21-16(10-13)4-7-20-8-5-16/h13-15,19H,3-12H2,1-2H3. The van der Waals surface area contributed by atoms with Crippen LogP contribution in [0.3, 0.4) is 0 Å². The summed E-state index contributed by atoms with van der Waals surface area (Å²) >= 11 is 0. The summed E-state index contributed by atoms with van der Waals surface area (Å²) < 4.78 is 11.7. The molecule has 0 bridgehead atoms. The van der Waals surface area contributed by atoms with Gasteiger partial charge in [0.15, 0.2) is 0 Å². The Labute approximate surface area is 128 Å². The molecule has 21 heavy (non-hydrogen) atoms. The first-order chi connectivity index (χ1) is 10.1. The summed E-state index contributed by atoms with van der Waals surface area (Å²) in [7, 11) is 4.24. The van der Waals surface area contributed by atoms with E-state index in [1.54, 1.807) is 0 Å². The normalized spacial score (nSPS) is 37.4. The van der Waals surface area contributed by atoms with Crippen molar-refractivity contribution < 1.29 is 14.6 Å². The fourth-order valence-corrected chi connectivity index (χ4v) is 4.34. The van der Waals surface area contributed by atoms with Gasteiger partial charge in [-0.25, -0.2) is 0 Å². The molecule has 0 amide bonds. The molecule has 3 fully saturated rings. The van der Waals surface area contributed by atoms with Crippen molar-refractivity contribution in [1.82, 2.24) is 9.80 Å². The highest BCUT2D eigenvalue weighted by Gasteiger charge is 2.44. The minimum atomic E-state index is -0.163. The van der Waals surface area contributed by atoms with Crippen molar-refractivity contribution >= 4 is 0 Å². The van der Waals surface area contributed by atoms with E-state index < -0.39 is 0 Å². The van der Waals surface area contributed by atoms with Gasteiger partial charge in [-0.1, -0.05) is 0 Å². The van der Waals surface area contributed by atoms with Crippen LogP contribution < -0.4 is 0 Å². The zero-order valence-corrected chi connectivity index (χ0v) is 13.5. The molecule has 3 unspecified atom stereocenters. The van der Waals surface area contributed by atoms with Gasteiger partial charge in [0.05, 0.1) is 11.7 Å². The molecule has 0 radical (unpaired) electrons. The second kappa shape index (κ2) is 6.50. The molecule has 3 rings (SSSR count). The van der Waals surface area contributed by atoms with Gasteiger partial charge in [-0.15, -0.1) is 0 Å². The fraction of sp³-hybridized carbons (Fsp3) is 1.00. The highest BCUT2D eigenvalue weighted by molar-refractivity contribution is 4.97. The van der Waals surface area contributed by atoms with Crippen LogP contribution in [0.1, 0.15) is 32.1 Å². The van der Waals surface area contributed by atoms with Crippen molar-refractivity contribution in [3.63, 3.8) is 0 Å². The number of rotatable bonds is 3. The topological polar surface area (TPSA) is 45.2 Å². The van der Waals surface area contributed by atoms with Crippen LogP contribution in [0.25, 0.3) is 0 Å². The van der Waals surface area contributed by atoms with E-state index in [1.165, 1.54) is 0 Å². The van der Waals surface area contributed by atoms with E-state index in [4.69, 9.17) is 9.47 Å². The average molecular weight is 298 g/mol. The number of aliphatic hydroxyl groups is 1. The van der Waals surface area contributed by atoms with E-state index >= 15 is 0 Å². The van der Waals surface area contributed by atoms with E-state index in [9.17, 15) is 5.11 Å². The van der Waals surface area contributed by atoms with Crippen LogP contribution in [0.5, 0.6) is 0 Å². The summed E-state index contributed by atoms with van der Waals surface area (Å²) in [5, 5.41) is 10.1. The first-order valence-corrected chi connectivity index (χ1v) is 8.38. The van der Waals surface area contributed by atoms with Crippen LogP contribution in [-0.2, 0) is 9.47 Å². The lowest BCUT2D eigenvalue weighted by molar-refractivity contribution is -0.152. The largest absolute Gasteiger partial charge is 0.392 e. The molecule has 3 aliphatic rings. The first-order valence-electron chi connectivity index (χ1n) is 8.38. The van der Waals surface area contributed by atoms with Crippen LogP contribution in [0.2, 0.25) is 0 Å². The van der Waals surface area contributed by atoms with Gasteiger partial charge in [-0.05, 0) is 46.2 Å². The lowest BCUT2D eigenvalue weighted by Crippen LogP contribution is -2.53. The van der Waals surface area contributed by atoms with Gasteiger partial charge >= 0.3 is 0 Å². The van der Waals surface area contributed by atoms with E-state index in [1.807, 2.05) is 0 Å². The third-order valence-electron chi connectivity index (χ3n) is 5.35. The summed E-state index contributed by atoms with van der Waals surface area (Å²) in [5.74, 6) is 0. The van der Waals surface area contributed by atoms with Gasteiger partial charge in [0.2, 0.25) is 0 Å². The van der Waals surface area contributed by atoms with Gasteiger partial charge in [0.1, 0.15) is 0 Å². The third kappa shape index (κ3) is 3.59. The minimum Gasteiger partial charge on any atom is -0.392 e. The van der Waals surface area contributed by atoms with E-state index in [2.05, 4.69) is 23.9 Å². The summed E-state index contributed by atoms with van der Waals surface area (Å²) in [5.41, 5.74) is 0.0391. The Morgan fingerprint density at radius 2 is 2.00 bits per heavy atom. The van der Waals surface area contributed by atoms with Crippen molar-refractivity contribution in [2.24, 2.45) is 0 Å². The molecular formula is C16H30N2O3. The molecule has 0 saturated carbocycles. The molecule has 5 heteroatoms. The zero-order valence-electron chi connectivity index (χ0n) is 13.5. The molecule has 3 heterocycles. The number of β-amino-alcohol motifs (C(OH)–C–C–N with tert-alkyl or cyclic N) is 1. The summed E-state index contributed by atoms with van der Waals surface area (Å²) in [6, 6.07) is 1.04. The molecule has 122 valence electrons. The number of hydrogen-bond acceptors (Lipinski definition) is 5. The first kappa shape index (κ1) is 15.7. The minimum absolute atomic E-state index is 0.0391. The molecule has 3 saturated heterocycles. The molecular weight excluding hydrogens is 268 g/mol. The monoisotopic (exact) mass is 298 g/mol. The fourth-order valence-electron chi connectivity index (χ4n) is 4.34. The highest BCUT2D eigenvalue weighted by Crippen LogP contribution is 2.38. The average Bonchev–Trinajstić information content (AvgIpc) is 2.80. The van der Waals surface area contributed by atoms with Crippen molar-refractivity contribution in [2.75, 3.05) is 47.0 Å². The Morgan fingerprint density at radius 1 is 1.24 bits per heavy atom.